The topological polar surface area (TPSA) is 43.4 Å². The molecule has 1 aliphatic carbocycles. The van der Waals surface area contributed by atoms with E-state index < -0.39 is 14.6 Å². The fourth-order valence-electron chi connectivity index (χ4n) is 2.31. The first-order valence-electron chi connectivity index (χ1n) is 6.15. The minimum absolute atomic E-state index is 0.361. The predicted octanol–water partition coefficient (Wildman–Crippen LogP) is 2.93. The third-order valence-corrected chi connectivity index (χ3v) is 5.90. The van der Waals surface area contributed by atoms with Crippen LogP contribution in [0.25, 0.3) is 0 Å². The maximum atomic E-state index is 12.7. The second-order valence-corrected chi connectivity index (χ2v) is 6.97. The summed E-state index contributed by atoms with van der Waals surface area (Å²) in [6.07, 6.45) is 3.22. The monoisotopic (exact) mass is 266 g/mol. The molecule has 0 saturated carbocycles. The smallest absolute Gasteiger partial charge is 0.191 e. The van der Waals surface area contributed by atoms with Crippen molar-refractivity contribution >= 4 is 9.84 Å². The molecule has 0 aliphatic heterocycles. The van der Waals surface area contributed by atoms with Gasteiger partial charge in [-0.1, -0.05) is 18.2 Å². The highest BCUT2D eigenvalue weighted by Crippen LogP contribution is 2.41. The van der Waals surface area contributed by atoms with E-state index in [4.69, 9.17) is 4.74 Å². The van der Waals surface area contributed by atoms with Gasteiger partial charge in [0, 0.05) is 0 Å². The van der Waals surface area contributed by atoms with Gasteiger partial charge in [-0.25, -0.2) is 8.42 Å². The molecule has 0 radical (unpaired) electrons. The van der Waals surface area contributed by atoms with Crippen molar-refractivity contribution in [1.29, 1.82) is 0 Å². The molecule has 2 rings (SSSR count). The van der Waals surface area contributed by atoms with Crippen molar-refractivity contribution in [3.05, 3.63) is 42.2 Å². The average molecular weight is 266 g/mol. The van der Waals surface area contributed by atoms with Crippen LogP contribution < -0.4 is 0 Å². The van der Waals surface area contributed by atoms with Crippen LogP contribution in [-0.4, -0.2) is 19.8 Å². The highest BCUT2D eigenvalue weighted by atomic mass is 32.2. The Morgan fingerprint density at radius 2 is 1.94 bits per heavy atom. The molecule has 1 unspecified atom stereocenters. The number of sulfone groups is 1. The molecule has 1 aromatic carbocycles. The molecule has 0 amide bonds. The molecule has 18 heavy (non-hydrogen) atoms. The molecule has 1 atom stereocenters. The van der Waals surface area contributed by atoms with Gasteiger partial charge in [-0.3, -0.25) is 0 Å². The van der Waals surface area contributed by atoms with Crippen LogP contribution in [0.2, 0.25) is 0 Å². The third-order valence-electron chi connectivity index (χ3n) is 3.42. The molecule has 0 saturated heterocycles. The van der Waals surface area contributed by atoms with E-state index in [1.807, 2.05) is 19.1 Å². The van der Waals surface area contributed by atoms with E-state index in [9.17, 15) is 8.42 Å². The molecule has 1 aromatic rings. The van der Waals surface area contributed by atoms with Gasteiger partial charge in [-0.2, -0.15) is 0 Å². The van der Waals surface area contributed by atoms with Gasteiger partial charge in [0.25, 0.3) is 0 Å². The number of benzene rings is 1. The summed E-state index contributed by atoms with van der Waals surface area (Å²) in [5.41, 5.74) is 0. The molecule has 0 fully saturated rings. The average Bonchev–Trinajstić information content (AvgIpc) is 2.74. The van der Waals surface area contributed by atoms with E-state index in [1.165, 1.54) is 0 Å². The minimum atomic E-state index is -3.40. The van der Waals surface area contributed by atoms with Crippen molar-refractivity contribution in [2.45, 2.75) is 36.3 Å². The van der Waals surface area contributed by atoms with E-state index in [0.29, 0.717) is 23.7 Å². The lowest BCUT2D eigenvalue weighted by Gasteiger charge is -2.27. The van der Waals surface area contributed by atoms with E-state index in [1.54, 1.807) is 31.2 Å². The SMILES string of the molecule is CCOC1=CCCC1(C)S(=O)(=O)c1ccccc1. The van der Waals surface area contributed by atoms with Crippen LogP contribution in [0.1, 0.15) is 26.7 Å². The van der Waals surface area contributed by atoms with E-state index in [-0.39, 0.29) is 0 Å². The molecule has 1 aliphatic rings. The number of rotatable bonds is 4. The first-order chi connectivity index (χ1) is 8.52. The summed E-state index contributed by atoms with van der Waals surface area (Å²) in [5, 5.41) is 0. The van der Waals surface area contributed by atoms with Gasteiger partial charge in [-0.05, 0) is 44.9 Å². The lowest BCUT2D eigenvalue weighted by Crippen LogP contribution is -2.36. The van der Waals surface area contributed by atoms with Crippen LogP contribution in [0.4, 0.5) is 0 Å². The maximum absolute atomic E-state index is 12.7. The van der Waals surface area contributed by atoms with Crippen molar-refractivity contribution < 1.29 is 13.2 Å². The molecular weight excluding hydrogens is 248 g/mol. The Kier molecular flexibility index (Phi) is 3.48. The normalized spacial score (nSPS) is 23.8. The van der Waals surface area contributed by atoms with E-state index in [2.05, 4.69) is 0 Å². The summed E-state index contributed by atoms with van der Waals surface area (Å²) in [5.74, 6) is 0.592. The highest BCUT2D eigenvalue weighted by molar-refractivity contribution is 7.93. The van der Waals surface area contributed by atoms with Gasteiger partial charge >= 0.3 is 0 Å². The predicted molar refractivity (Wildman–Crippen MR) is 71.0 cm³/mol. The largest absolute Gasteiger partial charge is 0.497 e. The number of allylic oxidation sites excluding steroid dienone is 1. The van der Waals surface area contributed by atoms with Crippen molar-refractivity contribution in [2.75, 3.05) is 6.61 Å². The maximum Gasteiger partial charge on any atom is 0.191 e. The second-order valence-electron chi connectivity index (χ2n) is 4.59. The van der Waals surface area contributed by atoms with Gasteiger partial charge in [0.15, 0.2) is 9.84 Å². The Balaban J connectivity index is 2.45. The lowest BCUT2D eigenvalue weighted by atomic mass is 10.1. The van der Waals surface area contributed by atoms with Gasteiger partial charge in [0.05, 0.1) is 11.5 Å². The van der Waals surface area contributed by atoms with Gasteiger partial charge in [-0.15, -0.1) is 0 Å². The first-order valence-corrected chi connectivity index (χ1v) is 7.64. The van der Waals surface area contributed by atoms with Crippen LogP contribution in [0.3, 0.4) is 0 Å². The summed E-state index contributed by atoms with van der Waals surface area (Å²) in [7, 11) is -3.40. The molecule has 0 aromatic heterocycles. The summed E-state index contributed by atoms with van der Waals surface area (Å²) < 4.78 is 30.0. The summed E-state index contributed by atoms with van der Waals surface area (Å²) in [6, 6.07) is 8.59. The number of ether oxygens (including phenoxy) is 1. The number of hydrogen-bond donors (Lipinski definition) is 0. The van der Waals surface area contributed by atoms with Crippen molar-refractivity contribution in [3.63, 3.8) is 0 Å². The van der Waals surface area contributed by atoms with Crippen LogP contribution in [0.5, 0.6) is 0 Å². The summed E-state index contributed by atoms with van der Waals surface area (Å²) in [4.78, 5) is 0.361. The molecule has 3 nitrogen and oxygen atoms in total. The van der Waals surface area contributed by atoms with Crippen molar-refractivity contribution in [2.24, 2.45) is 0 Å². The Hall–Kier alpha value is -1.29. The third kappa shape index (κ3) is 1.94. The molecule has 4 heteroatoms. The fraction of sp³-hybridized carbons (Fsp3) is 0.429. The number of hydrogen-bond acceptors (Lipinski definition) is 3. The summed E-state index contributed by atoms with van der Waals surface area (Å²) >= 11 is 0. The molecular formula is C14H18O3S. The van der Waals surface area contributed by atoms with E-state index in [0.717, 1.165) is 6.42 Å². The zero-order chi connectivity index (χ0) is 13.2. The second kappa shape index (κ2) is 4.76. The zero-order valence-corrected chi connectivity index (χ0v) is 11.5. The zero-order valence-electron chi connectivity index (χ0n) is 10.7. The van der Waals surface area contributed by atoms with E-state index >= 15 is 0 Å². The first kappa shape index (κ1) is 13.1. The molecule has 0 bridgehead atoms. The Bertz CT molecular complexity index is 546. The van der Waals surface area contributed by atoms with Gasteiger partial charge in [0.1, 0.15) is 10.5 Å². The Labute approximate surface area is 108 Å². The van der Waals surface area contributed by atoms with Crippen LogP contribution >= 0.6 is 0 Å². The van der Waals surface area contributed by atoms with Crippen molar-refractivity contribution in [1.82, 2.24) is 0 Å². The Morgan fingerprint density at radius 3 is 2.56 bits per heavy atom. The standard InChI is InChI=1S/C14H18O3S/c1-3-17-13-10-7-11-14(13,2)18(15,16)12-8-5-4-6-9-12/h4-6,8-10H,3,7,11H2,1-2H3. The van der Waals surface area contributed by atoms with Crippen LogP contribution in [0, 0.1) is 0 Å². The molecule has 0 N–H and O–H groups in total. The quantitative estimate of drug-likeness (QED) is 0.841. The van der Waals surface area contributed by atoms with Gasteiger partial charge in [0.2, 0.25) is 0 Å². The molecule has 98 valence electrons. The fourth-order valence-corrected chi connectivity index (χ4v) is 4.14. The highest BCUT2D eigenvalue weighted by Gasteiger charge is 2.47. The summed E-state index contributed by atoms with van der Waals surface area (Å²) in [6.45, 7) is 4.12. The Morgan fingerprint density at radius 1 is 1.28 bits per heavy atom. The molecule has 0 heterocycles. The molecule has 0 spiro atoms. The lowest BCUT2D eigenvalue weighted by molar-refractivity contribution is 0.206. The van der Waals surface area contributed by atoms with Crippen LogP contribution in [0.15, 0.2) is 47.1 Å². The minimum Gasteiger partial charge on any atom is -0.497 e. The van der Waals surface area contributed by atoms with Crippen LogP contribution in [-0.2, 0) is 14.6 Å². The van der Waals surface area contributed by atoms with Crippen molar-refractivity contribution in [3.8, 4) is 0 Å². The van der Waals surface area contributed by atoms with Gasteiger partial charge < -0.3 is 4.74 Å².